The van der Waals surface area contributed by atoms with Gasteiger partial charge in [0.25, 0.3) is 0 Å². The van der Waals surface area contributed by atoms with Gasteiger partial charge in [0.15, 0.2) is 0 Å². The van der Waals surface area contributed by atoms with E-state index < -0.39 is 5.82 Å². The number of benzene rings is 2. The van der Waals surface area contributed by atoms with Crippen LogP contribution in [0.5, 0.6) is 5.75 Å². The summed E-state index contributed by atoms with van der Waals surface area (Å²) < 4.78 is 18.9. The van der Waals surface area contributed by atoms with E-state index in [1.165, 1.54) is 12.1 Å². The molecule has 0 saturated heterocycles. The molecular weight excluding hydrogens is 267 g/mol. The van der Waals surface area contributed by atoms with Gasteiger partial charge in [-0.15, -0.1) is 0 Å². The van der Waals surface area contributed by atoms with Gasteiger partial charge in [-0.2, -0.15) is 5.26 Å². The first-order valence-corrected chi connectivity index (χ1v) is 6.77. The highest BCUT2D eigenvalue weighted by Gasteiger charge is 2.03. The predicted octanol–water partition coefficient (Wildman–Crippen LogP) is 4.10. The van der Waals surface area contributed by atoms with Gasteiger partial charge >= 0.3 is 0 Å². The van der Waals surface area contributed by atoms with Crippen LogP contribution in [0.1, 0.15) is 25.0 Å². The Morgan fingerprint density at radius 3 is 2.76 bits per heavy atom. The second-order valence-corrected chi connectivity index (χ2v) is 4.97. The van der Waals surface area contributed by atoms with Crippen molar-refractivity contribution >= 4 is 5.69 Å². The Bertz CT molecular complexity index is 662. The molecule has 21 heavy (non-hydrogen) atoms. The normalized spacial score (nSPS) is 10.2. The van der Waals surface area contributed by atoms with E-state index in [0.717, 1.165) is 11.3 Å². The van der Waals surface area contributed by atoms with Crippen molar-refractivity contribution in [3.8, 4) is 11.8 Å². The zero-order valence-corrected chi connectivity index (χ0v) is 12.1. The molecule has 0 spiro atoms. The molecule has 1 N–H and O–H groups in total. The molecule has 0 aliphatic carbocycles. The lowest BCUT2D eigenvalue weighted by Gasteiger charge is -2.12. The third-order valence-corrected chi connectivity index (χ3v) is 2.85. The Morgan fingerprint density at radius 2 is 2.05 bits per heavy atom. The minimum absolute atomic E-state index is 0.0388. The number of rotatable bonds is 5. The van der Waals surface area contributed by atoms with Crippen LogP contribution in [0.25, 0.3) is 0 Å². The molecule has 0 aliphatic heterocycles. The van der Waals surface area contributed by atoms with Gasteiger partial charge < -0.3 is 10.1 Å². The summed E-state index contributed by atoms with van der Waals surface area (Å²) in [6, 6.07) is 14.0. The van der Waals surface area contributed by atoms with Gasteiger partial charge in [-0.3, -0.25) is 0 Å². The molecule has 0 amide bonds. The van der Waals surface area contributed by atoms with Crippen molar-refractivity contribution in [2.24, 2.45) is 0 Å². The molecule has 0 aromatic heterocycles. The first-order valence-electron chi connectivity index (χ1n) is 6.77. The molecule has 0 atom stereocenters. The van der Waals surface area contributed by atoms with Crippen molar-refractivity contribution in [2.45, 2.75) is 26.5 Å². The van der Waals surface area contributed by atoms with Crippen molar-refractivity contribution in [1.29, 1.82) is 5.26 Å². The van der Waals surface area contributed by atoms with Crippen LogP contribution < -0.4 is 10.1 Å². The molecule has 0 bridgehead atoms. The summed E-state index contributed by atoms with van der Waals surface area (Å²) in [4.78, 5) is 0. The molecule has 0 fully saturated rings. The fourth-order valence-corrected chi connectivity index (χ4v) is 1.93. The zero-order valence-electron chi connectivity index (χ0n) is 12.1. The van der Waals surface area contributed by atoms with Gasteiger partial charge in [-0.05, 0) is 49.7 Å². The Labute approximate surface area is 124 Å². The van der Waals surface area contributed by atoms with E-state index in [1.807, 2.05) is 44.2 Å². The first-order chi connectivity index (χ1) is 10.1. The second kappa shape index (κ2) is 6.76. The largest absolute Gasteiger partial charge is 0.491 e. The lowest BCUT2D eigenvalue weighted by Crippen LogP contribution is -2.06. The van der Waals surface area contributed by atoms with E-state index >= 15 is 0 Å². The fraction of sp³-hybridized carbons (Fsp3) is 0.235. The monoisotopic (exact) mass is 284 g/mol. The van der Waals surface area contributed by atoms with Gasteiger partial charge in [0.2, 0.25) is 0 Å². The van der Waals surface area contributed by atoms with Gasteiger partial charge in [0, 0.05) is 12.2 Å². The number of hydrogen-bond acceptors (Lipinski definition) is 3. The van der Waals surface area contributed by atoms with Gasteiger partial charge in [0.05, 0.1) is 11.7 Å². The maximum absolute atomic E-state index is 13.2. The molecule has 0 radical (unpaired) electrons. The fourth-order valence-electron chi connectivity index (χ4n) is 1.93. The third-order valence-electron chi connectivity index (χ3n) is 2.85. The smallest absolute Gasteiger partial charge is 0.141 e. The number of nitrogens with one attached hydrogen (secondary N) is 1. The maximum Gasteiger partial charge on any atom is 0.141 e. The average molecular weight is 284 g/mol. The van der Waals surface area contributed by atoms with Crippen LogP contribution in [-0.4, -0.2) is 6.10 Å². The molecule has 2 aromatic rings. The number of nitrogens with zero attached hydrogens (tertiary/aromatic N) is 1. The van der Waals surface area contributed by atoms with Gasteiger partial charge in [0.1, 0.15) is 17.6 Å². The summed E-state index contributed by atoms with van der Waals surface area (Å²) in [5.74, 6) is 0.316. The molecule has 3 nitrogen and oxygen atoms in total. The topological polar surface area (TPSA) is 45.0 Å². The highest BCUT2D eigenvalue weighted by Crippen LogP contribution is 2.18. The van der Waals surface area contributed by atoms with Crippen LogP contribution in [0.2, 0.25) is 0 Å². The lowest BCUT2D eigenvalue weighted by atomic mass is 10.2. The zero-order chi connectivity index (χ0) is 15.2. The van der Waals surface area contributed by atoms with Crippen molar-refractivity contribution in [3.63, 3.8) is 0 Å². The molecule has 0 saturated carbocycles. The summed E-state index contributed by atoms with van der Waals surface area (Å²) >= 11 is 0. The Hall–Kier alpha value is -2.54. The van der Waals surface area contributed by atoms with E-state index in [-0.39, 0.29) is 11.7 Å². The van der Waals surface area contributed by atoms with E-state index in [2.05, 4.69) is 5.32 Å². The Balaban J connectivity index is 2.04. The summed E-state index contributed by atoms with van der Waals surface area (Å²) in [7, 11) is 0. The van der Waals surface area contributed by atoms with E-state index in [1.54, 1.807) is 6.07 Å². The number of nitriles is 1. The van der Waals surface area contributed by atoms with E-state index in [0.29, 0.717) is 12.2 Å². The van der Waals surface area contributed by atoms with Crippen molar-refractivity contribution in [2.75, 3.05) is 5.32 Å². The van der Waals surface area contributed by atoms with Crippen LogP contribution in [0, 0.1) is 17.1 Å². The molecule has 0 aliphatic rings. The van der Waals surface area contributed by atoms with Crippen LogP contribution in [0.3, 0.4) is 0 Å². The van der Waals surface area contributed by atoms with Crippen molar-refractivity contribution < 1.29 is 9.13 Å². The van der Waals surface area contributed by atoms with Crippen LogP contribution in [-0.2, 0) is 6.54 Å². The first kappa shape index (κ1) is 14.9. The molecule has 0 unspecified atom stereocenters. The maximum atomic E-state index is 13.2. The molecule has 108 valence electrons. The predicted molar refractivity (Wildman–Crippen MR) is 80.6 cm³/mol. The second-order valence-electron chi connectivity index (χ2n) is 4.97. The molecule has 2 aromatic carbocycles. The molecule has 2 rings (SSSR count). The highest BCUT2D eigenvalue weighted by atomic mass is 19.1. The number of hydrogen-bond donors (Lipinski definition) is 1. The average Bonchev–Trinajstić information content (AvgIpc) is 2.46. The minimum Gasteiger partial charge on any atom is -0.491 e. The summed E-state index contributed by atoms with van der Waals surface area (Å²) in [6.45, 7) is 4.53. The third kappa shape index (κ3) is 4.22. The van der Waals surface area contributed by atoms with Crippen LogP contribution in [0.4, 0.5) is 10.1 Å². The molecular formula is C17H17FN2O. The van der Waals surface area contributed by atoms with Crippen LogP contribution in [0.15, 0.2) is 42.5 Å². The lowest BCUT2D eigenvalue weighted by molar-refractivity contribution is 0.242. The van der Waals surface area contributed by atoms with Crippen molar-refractivity contribution in [1.82, 2.24) is 0 Å². The molecule has 0 heterocycles. The van der Waals surface area contributed by atoms with Gasteiger partial charge in [-0.25, -0.2) is 4.39 Å². The standard InChI is InChI=1S/C17H17FN2O/c1-12(2)21-16-5-3-4-13(8-16)11-20-15-6-7-17(18)14(9-15)10-19/h3-9,12,20H,11H2,1-2H3. The SMILES string of the molecule is CC(C)Oc1cccc(CNc2ccc(F)c(C#N)c2)c1. The highest BCUT2D eigenvalue weighted by molar-refractivity contribution is 5.50. The number of ether oxygens (including phenoxy) is 1. The van der Waals surface area contributed by atoms with Gasteiger partial charge in [-0.1, -0.05) is 12.1 Å². The quantitative estimate of drug-likeness (QED) is 0.899. The summed E-state index contributed by atoms with van der Waals surface area (Å²) in [6.07, 6.45) is 0.128. The number of halogens is 1. The van der Waals surface area contributed by atoms with E-state index in [4.69, 9.17) is 10.00 Å². The van der Waals surface area contributed by atoms with Crippen LogP contribution >= 0.6 is 0 Å². The number of anilines is 1. The summed E-state index contributed by atoms with van der Waals surface area (Å²) in [5, 5.41) is 12.0. The Morgan fingerprint density at radius 1 is 1.24 bits per heavy atom. The minimum atomic E-state index is -0.504. The van der Waals surface area contributed by atoms with E-state index in [9.17, 15) is 4.39 Å². The Kier molecular flexibility index (Phi) is 4.78. The molecule has 4 heteroatoms. The van der Waals surface area contributed by atoms with Crippen molar-refractivity contribution in [3.05, 3.63) is 59.4 Å². The summed E-state index contributed by atoms with van der Waals surface area (Å²) in [5.41, 5.74) is 1.80.